The first-order valence-electron chi connectivity index (χ1n) is 10.4. The van der Waals surface area contributed by atoms with Crippen LogP contribution in [0.3, 0.4) is 0 Å². The molecule has 2 rings (SSSR count). The average Bonchev–Trinajstić information content (AvgIpc) is 3.13. The van der Waals surface area contributed by atoms with Crippen LogP contribution < -0.4 is 10.6 Å². The summed E-state index contributed by atoms with van der Waals surface area (Å²) in [4.78, 5) is 21.8. The van der Waals surface area contributed by atoms with E-state index in [9.17, 15) is 4.79 Å². The summed E-state index contributed by atoms with van der Waals surface area (Å²) in [5.74, 6) is 0.808. The van der Waals surface area contributed by atoms with E-state index in [0.29, 0.717) is 6.54 Å². The first kappa shape index (κ1) is 25.4. The Morgan fingerprint density at radius 3 is 2.36 bits per heavy atom. The van der Waals surface area contributed by atoms with Crippen molar-refractivity contribution in [2.24, 2.45) is 4.99 Å². The molecule has 0 spiro atoms. The molecule has 2 aliphatic heterocycles. The third-order valence-corrected chi connectivity index (χ3v) is 5.32. The number of carbonyl (C=O) groups excluding carboxylic acids is 1. The maximum atomic E-state index is 12.3. The van der Waals surface area contributed by atoms with Crippen molar-refractivity contribution in [2.75, 3.05) is 53.0 Å². The predicted molar refractivity (Wildman–Crippen MR) is 126 cm³/mol. The van der Waals surface area contributed by atoms with E-state index in [-0.39, 0.29) is 41.0 Å². The zero-order chi connectivity index (χ0) is 19.9. The van der Waals surface area contributed by atoms with Crippen LogP contribution in [0.15, 0.2) is 4.99 Å². The number of aliphatic imine (C=N–C) groups is 1. The Balaban J connectivity index is 0.00000392. The van der Waals surface area contributed by atoms with Crippen molar-refractivity contribution in [3.05, 3.63) is 0 Å². The number of likely N-dealkylation sites (N-methyl/N-ethyl adjacent to an activating group) is 1. The molecule has 0 bridgehead atoms. The quantitative estimate of drug-likeness (QED) is 0.326. The van der Waals surface area contributed by atoms with Gasteiger partial charge in [0.15, 0.2) is 5.96 Å². The lowest BCUT2D eigenvalue weighted by atomic mass is 9.88. The van der Waals surface area contributed by atoms with Crippen molar-refractivity contribution in [2.45, 2.75) is 64.5 Å². The summed E-state index contributed by atoms with van der Waals surface area (Å²) in [6, 6.07) is 0. The zero-order valence-electron chi connectivity index (χ0n) is 18.3. The standard InChI is InChI=1S/C20H39N5O2.HI/c1-6-21-18(24(5)15-17(26)23-19(2,3)4)22-16-20(9-13-27-14-10-20)25-11-7-8-12-25;/h6-16H2,1-5H3,(H,21,22)(H,23,26);1H. The Kier molecular flexibility index (Phi) is 10.5. The first-order chi connectivity index (χ1) is 12.8. The summed E-state index contributed by atoms with van der Waals surface area (Å²) >= 11 is 0. The van der Waals surface area contributed by atoms with E-state index in [1.165, 1.54) is 12.8 Å². The summed E-state index contributed by atoms with van der Waals surface area (Å²) in [7, 11) is 1.93. The Hall–Kier alpha value is -0.610. The van der Waals surface area contributed by atoms with E-state index in [4.69, 9.17) is 9.73 Å². The molecule has 0 aliphatic carbocycles. The number of guanidine groups is 1. The van der Waals surface area contributed by atoms with Gasteiger partial charge in [-0.2, -0.15) is 0 Å². The second-order valence-corrected chi connectivity index (χ2v) is 8.86. The fourth-order valence-electron chi connectivity index (χ4n) is 3.96. The number of rotatable bonds is 6. The summed E-state index contributed by atoms with van der Waals surface area (Å²) in [6.07, 6.45) is 4.62. The number of halogens is 1. The molecular formula is C20H40IN5O2. The highest BCUT2D eigenvalue weighted by molar-refractivity contribution is 14.0. The summed E-state index contributed by atoms with van der Waals surface area (Å²) in [6.45, 7) is 13.8. The molecule has 2 heterocycles. The maximum Gasteiger partial charge on any atom is 0.240 e. The van der Waals surface area contributed by atoms with E-state index >= 15 is 0 Å². The lowest BCUT2D eigenvalue weighted by Gasteiger charge is -2.43. The maximum absolute atomic E-state index is 12.3. The van der Waals surface area contributed by atoms with E-state index in [2.05, 4.69) is 22.5 Å². The van der Waals surface area contributed by atoms with Gasteiger partial charge in [0.05, 0.1) is 13.1 Å². The van der Waals surface area contributed by atoms with Gasteiger partial charge in [0.1, 0.15) is 0 Å². The number of hydrogen-bond donors (Lipinski definition) is 2. The van der Waals surface area contributed by atoms with Gasteiger partial charge in [-0.25, -0.2) is 0 Å². The highest BCUT2D eigenvalue weighted by atomic mass is 127. The SMILES string of the molecule is CCNC(=NCC1(N2CCCC2)CCOCC1)N(C)CC(=O)NC(C)(C)C.I. The van der Waals surface area contributed by atoms with Gasteiger partial charge in [-0.3, -0.25) is 14.7 Å². The number of likely N-dealkylation sites (tertiary alicyclic amines) is 1. The minimum Gasteiger partial charge on any atom is -0.381 e. The molecule has 28 heavy (non-hydrogen) atoms. The molecule has 0 radical (unpaired) electrons. The Bertz CT molecular complexity index is 509. The van der Waals surface area contributed by atoms with Gasteiger partial charge < -0.3 is 20.3 Å². The van der Waals surface area contributed by atoms with Gasteiger partial charge in [-0.15, -0.1) is 24.0 Å². The topological polar surface area (TPSA) is 69.2 Å². The molecule has 2 N–H and O–H groups in total. The monoisotopic (exact) mass is 509 g/mol. The molecule has 0 saturated carbocycles. The van der Waals surface area contributed by atoms with Gasteiger partial charge in [0, 0.05) is 37.9 Å². The van der Waals surface area contributed by atoms with Crippen molar-refractivity contribution in [1.82, 2.24) is 20.4 Å². The van der Waals surface area contributed by atoms with E-state index in [1.54, 1.807) is 0 Å². The van der Waals surface area contributed by atoms with Gasteiger partial charge in [-0.05, 0) is 66.5 Å². The molecule has 1 amide bonds. The van der Waals surface area contributed by atoms with Crippen LogP contribution in [0.1, 0.15) is 53.4 Å². The van der Waals surface area contributed by atoms with Crippen molar-refractivity contribution < 1.29 is 9.53 Å². The molecule has 0 aromatic heterocycles. The number of ether oxygens (including phenoxy) is 1. The molecule has 0 aromatic carbocycles. The minimum absolute atomic E-state index is 0. The van der Waals surface area contributed by atoms with Gasteiger partial charge in [0.25, 0.3) is 0 Å². The molecule has 0 aromatic rings. The zero-order valence-corrected chi connectivity index (χ0v) is 20.7. The summed E-state index contributed by atoms with van der Waals surface area (Å²) in [5, 5.41) is 6.36. The smallest absolute Gasteiger partial charge is 0.240 e. The number of carbonyl (C=O) groups is 1. The van der Waals surface area contributed by atoms with Gasteiger partial charge >= 0.3 is 0 Å². The number of hydrogen-bond acceptors (Lipinski definition) is 4. The largest absolute Gasteiger partial charge is 0.381 e. The predicted octanol–water partition coefficient (Wildman–Crippen LogP) is 2.06. The molecule has 2 saturated heterocycles. The lowest BCUT2D eigenvalue weighted by molar-refractivity contribution is -0.122. The Morgan fingerprint density at radius 2 is 1.82 bits per heavy atom. The van der Waals surface area contributed by atoms with E-state index in [0.717, 1.165) is 58.2 Å². The van der Waals surface area contributed by atoms with Crippen molar-refractivity contribution in [1.29, 1.82) is 0 Å². The van der Waals surface area contributed by atoms with Crippen LogP contribution >= 0.6 is 24.0 Å². The van der Waals surface area contributed by atoms with Crippen LogP contribution in [0, 0.1) is 0 Å². The molecule has 2 fully saturated rings. The number of nitrogens with one attached hydrogen (secondary N) is 2. The van der Waals surface area contributed by atoms with Gasteiger partial charge in [0.2, 0.25) is 5.91 Å². The third-order valence-electron chi connectivity index (χ3n) is 5.32. The molecule has 8 heteroatoms. The van der Waals surface area contributed by atoms with Crippen LogP contribution in [0.2, 0.25) is 0 Å². The second-order valence-electron chi connectivity index (χ2n) is 8.86. The van der Waals surface area contributed by atoms with Crippen LogP contribution in [0.4, 0.5) is 0 Å². The van der Waals surface area contributed by atoms with E-state index < -0.39 is 0 Å². The van der Waals surface area contributed by atoms with Crippen LogP contribution in [0.25, 0.3) is 0 Å². The summed E-state index contributed by atoms with van der Waals surface area (Å²) < 4.78 is 5.63. The third kappa shape index (κ3) is 7.67. The van der Waals surface area contributed by atoms with Crippen LogP contribution in [0.5, 0.6) is 0 Å². The number of amides is 1. The number of nitrogens with zero attached hydrogens (tertiary/aromatic N) is 3. The van der Waals surface area contributed by atoms with Crippen molar-refractivity contribution in [3.8, 4) is 0 Å². The highest BCUT2D eigenvalue weighted by Crippen LogP contribution is 2.31. The van der Waals surface area contributed by atoms with E-state index in [1.807, 2.05) is 32.7 Å². The average molecular weight is 509 g/mol. The van der Waals surface area contributed by atoms with Crippen LogP contribution in [-0.4, -0.2) is 85.7 Å². The molecule has 7 nitrogen and oxygen atoms in total. The molecular weight excluding hydrogens is 469 g/mol. The fraction of sp³-hybridized carbons (Fsp3) is 0.900. The first-order valence-corrected chi connectivity index (χ1v) is 10.4. The van der Waals surface area contributed by atoms with Gasteiger partial charge in [-0.1, -0.05) is 0 Å². The second kappa shape index (κ2) is 11.5. The molecule has 2 aliphatic rings. The van der Waals surface area contributed by atoms with Crippen LogP contribution in [-0.2, 0) is 9.53 Å². The highest BCUT2D eigenvalue weighted by Gasteiger charge is 2.39. The normalized spacial score (nSPS) is 20.4. The lowest BCUT2D eigenvalue weighted by Crippen LogP contribution is -2.54. The molecule has 0 atom stereocenters. The Labute approximate surface area is 188 Å². The minimum atomic E-state index is -0.227. The van der Waals surface area contributed by atoms with Crippen molar-refractivity contribution in [3.63, 3.8) is 0 Å². The molecule has 164 valence electrons. The Morgan fingerprint density at radius 1 is 1.21 bits per heavy atom. The molecule has 0 unspecified atom stereocenters. The van der Waals surface area contributed by atoms with Crippen molar-refractivity contribution >= 4 is 35.8 Å². The fourth-order valence-corrected chi connectivity index (χ4v) is 3.96. The summed E-state index contributed by atoms with van der Waals surface area (Å²) in [5.41, 5.74) is -0.126.